The van der Waals surface area contributed by atoms with E-state index in [1.54, 1.807) is 0 Å². The van der Waals surface area contributed by atoms with E-state index in [2.05, 4.69) is 16.9 Å². The Morgan fingerprint density at radius 1 is 1.45 bits per heavy atom. The molecule has 11 heavy (non-hydrogen) atoms. The van der Waals surface area contributed by atoms with E-state index in [-0.39, 0.29) is 0 Å². The van der Waals surface area contributed by atoms with Crippen LogP contribution in [0.4, 0.5) is 0 Å². The number of rotatable bonds is 0. The van der Waals surface area contributed by atoms with Crippen molar-refractivity contribution < 1.29 is 0 Å². The predicted octanol–water partition coefficient (Wildman–Crippen LogP) is 1.40. The van der Waals surface area contributed by atoms with Gasteiger partial charge >= 0.3 is 0 Å². The highest BCUT2D eigenvalue weighted by atomic mass is 14.7. The third kappa shape index (κ3) is 3.43. The molecule has 0 unspecified atom stereocenters. The Morgan fingerprint density at radius 3 is 3.27 bits per heavy atom. The maximum atomic E-state index is 5.60. The molecule has 1 rings (SSSR count). The van der Waals surface area contributed by atoms with Crippen LogP contribution in [0.5, 0.6) is 0 Å². The van der Waals surface area contributed by atoms with Gasteiger partial charge in [-0.05, 0) is 36.9 Å². The predicted molar refractivity (Wildman–Crippen MR) is 47.5 cm³/mol. The zero-order valence-electron chi connectivity index (χ0n) is 6.46. The van der Waals surface area contributed by atoms with Crippen molar-refractivity contribution in [3.63, 3.8) is 0 Å². The van der Waals surface area contributed by atoms with Crippen LogP contribution in [0.2, 0.25) is 0 Å². The average Bonchev–Trinajstić information content (AvgIpc) is 2.03. The molecular formula is C9H12N2. The molecule has 0 radical (unpaired) electrons. The van der Waals surface area contributed by atoms with Crippen molar-refractivity contribution in [1.29, 1.82) is 0 Å². The summed E-state index contributed by atoms with van der Waals surface area (Å²) in [5, 5.41) is 0. The Labute approximate surface area is 66.8 Å². The lowest BCUT2D eigenvalue weighted by molar-refractivity contribution is 1.05. The first kappa shape index (κ1) is 7.83. The summed E-state index contributed by atoms with van der Waals surface area (Å²) >= 11 is 0. The summed E-state index contributed by atoms with van der Waals surface area (Å²) < 4.78 is 0. The van der Waals surface area contributed by atoms with Crippen molar-refractivity contribution in [3.8, 4) is 0 Å². The molecule has 2 nitrogen and oxygen atoms in total. The maximum absolute atomic E-state index is 5.60. The van der Waals surface area contributed by atoms with E-state index in [9.17, 15) is 0 Å². The Bertz CT molecular complexity index is 230. The van der Waals surface area contributed by atoms with Gasteiger partial charge in [0, 0.05) is 5.70 Å². The van der Waals surface area contributed by atoms with E-state index in [1.165, 1.54) is 0 Å². The van der Waals surface area contributed by atoms with Crippen LogP contribution < -0.4 is 5.73 Å². The second kappa shape index (κ2) is 4.53. The molecule has 0 fully saturated rings. The van der Waals surface area contributed by atoms with Crippen LogP contribution in [0.15, 0.2) is 35.0 Å². The summed E-state index contributed by atoms with van der Waals surface area (Å²) in [6.07, 6.45) is 9.82. The van der Waals surface area contributed by atoms with Gasteiger partial charge in [0.1, 0.15) is 0 Å². The molecule has 1 aliphatic rings. The minimum atomic E-state index is 0.632. The third-order valence-electron chi connectivity index (χ3n) is 1.39. The lowest BCUT2D eigenvalue weighted by Crippen LogP contribution is -1.93. The van der Waals surface area contributed by atoms with Crippen molar-refractivity contribution in [2.45, 2.75) is 12.8 Å². The standard InChI is InChI=1S/C9H12N2/c10-9-5-3-1-2-4-7-11-8-6-9/h3-6H,1-2,8,10H2. The molecule has 0 amide bonds. The van der Waals surface area contributed by atoms with E-state index in [4.69, 9.17) is 5.73 Å². The molecule has 0 saturated carbocycles. The van der Waals surface area contributed by atoms with Crippen molar-refractivity contribution in [2.75, 3.05) is 6.54 Å². The minimum absolute atomic E-state index is 0.632. The van der Waals surface area contributed by atoms with Crippen LogP contribution in [0, 0.1) is 0 Å². The molecule has 58 valence electrons. The normalized spacial score (nSPS) is 18.0. The lowest BCUT2D eigenvalue weighted by Gasteiger charge is -1.91. The van der Waals surface area contributed by atoms with Gasteiger partial charge in [0.25, 0.3) is 0 Å². The van der Waals surface area contributed by atoms with Crippen LogP contribution in [0.25, 0.3) is 0 Å². The quantitative estimate of drug-likeness (QED) is 0.554. The molecule has 1 heterocycles. The number of aliphatic imine (C=N–C) groups is 1. The fraction of sp³-hybridized carbons (Fsp3) is 0.333. The topological polar surface area (TPSA) is 38.4 Å². The average molecular weight is 148 g/mol. The van der Waals surface area contributed by atoms with Crippen LogP contribution in [0.1, 0.15) is 12.8 Å². The zero-order chi connectivity index (χ0) is 7.94. The van der Waals surface area contributed by atoms with Crippen LogP contribution in [-0.4, -0.2) is 12.4 Å². The van der Waals surface area contributed by atoms with Crippen molar-refractivity contribution in [1.82, 2.24) is 0 Å². The summed E-state index contributed by atoms with van der Waals surface area (Å²) in [4.78, 5) is 3.99. The molecule has 2 heteroatoms. The molecule has 0 spiro atoms. The second-order valence-electron chi connectivity index (χ2n) is 2.36. The molecule has 0 aliphatic carbocycles. The molecule has 1 aliphatic heterocycles. The number of nitrogens with two attached hydrogens (primary N) is 1. The Morgan fingerprint density at radius 2 is 2.36 bits per heavy atom. The lowest BCUT2D eigenvalue weighted by atomic mass is 10.2. The number of hydrogen-bond acceptors (Lipinski definition) is 2. The molecule has 0 aromatic rings. The Balaban J connectivity index is 2.64. The van der Waals surface area contributed by atoms with Crippen molar-refractivity contribution >= 4 is 5.87 Å². The first-order chi connectivity index (χ1) is 5.39. The van der Waals surface area contributed by atoms with Gasteiger partial charge in [0.15, 0.2) is 0 Å². The summed E-state index contributed by atoms with van der Waals surface area (Å²) in [7, 11) is 0. The first-order valence-electron chi connectivity index (χ1n) is 3.75. The molecule has 2 N–H and O–H groups in total. The fourth-order valence-electron chi connectivity index (χ4n) is 0.800. The van der Waals surface area contributed by atoms with Crippen molar-refractivity contribution in [2.24, 2.45) is 10.7 Å². The molecular weight excluding hydrogens is 136 g/mol. The van der Waals surface area contributed by atoms with Gasteiger partial charge in [-0.15, -0.1) is 0 Å². The Hall–Kier alpha value is -1.27. The number of hydrogen-bond donors (Lipinski definition) is 1. The van der Waals surface area contributed by atoms with Gasteiger partial charge in [0.2, 0.25) is 0 Å². The highest BCUT2D eigenvalue weighted by Crippen LogP contribution is 1.95. The molecule has 0 aromatic heterocycles. The van der Waals surface area contributed by atoms with E-state index in [0.29, 0.717) is 6.54 Å². The van der Waals surface area contributed by atoms with Crippen molar-refractivity contribution in [3.05, 3.63) is 30.0 Å². The van der Waals surface area contributed by atoms with Gasteiger partial charge in [-0.25, -0.2) is 4.99 Å². The monoisotopic (exact) mass is 148 g/mol. The van der Waals surface area contributed by atoms with E-state index < -0.39 is 0 Å². The molecule has 0 atom stereocenters. The highest BCUT2D eigenvalue weighted by molar-refractivity contribution is 5.51. The smallest absolute Gasteiger partial charge is 0.0687 e. The highest BCUT2D eigenvalue weighted by Gasteiger charge is 1.83. The van der Waals surface area contributed by atoms with Gasteiger partial charge in [-0.3, -0.25) is 0 Å². The van der Waals surface area contributed by atoms with E-state index >= 15 is 0 Å². The van der Waals surface area contributed by atoms with Gasteiger partial charge in [-0.1, -0.05) is 6.08 Å². The number of allylic oxidation sites excluding steroid dienone is 3. The summed E-state index contributed by atoms with van der Waals surface area (Å²) in [5.41, 5.74) is 6.39. The summed E-state index contributed by atoms with van der Waals surface area (Å²) in [6.45, 7) is 0.632. The van der Waals surface area contributed by atoms with Crippen LogP contribution >= 0.6 is 0 Å². The minimum Gasteiger partial charge on any atom is -0.399 e. The van der Waals surface area contributed by atoms with Crippen LogP contribution in [0.3, 0.4) is 0 Å². The molecule has 0 aromatic carbocycles. The first-order valence-corrected chi connectivity index (χ1v) is 3.75. The van der Waals surface area contributed by atoms with Gasteiger partial charge < -0.3 is 5.73 Å². The summed E-state index contributed by atoms with van der Waals surface area (Å²) in [5.74, 6) is 2.84. The second-order valence-corrected chi connectivity index (χ2v) is 2.36. The Kier molecular flexibility index (Phi) is 3.23. The number of nitrogens with zero attached hydrogens (tertiary/aromatic N) is 1. The fourth-order valence-corrected chi connectivity index (χ4v) is 0.800. The third-order valence-corrected chi connectivity index (χ3v) is 1.39. The van der Waals surface area contributed by atoms with E-state index in [1.807, 2.05) is 18.2 Å². The maximum Gasteiger partial charge on any atom is 0.0687 e. The van der Waals surface area contributed by atoms with Gasteiger partial charge in [0.05, 0.1) is 6.54 Å². The summed E-state index contributed by atoms with van der Waals surface area (Å²) in [6, 6.07) is 0. The SMILES string of the molecule is NC1=CCN=C=CCCC=C1. The van der Waals surface area contributed by atoms with Gasteiger partial charge in [-0.2, -0.15) is 0 Å². The van der Waals surface area contributed by atoms with E-state index in [0.717, 1.165) is 18.5 Å². The molecule has 0 saturated heterocycles. The zero-order valence-corrected chi connectivity index (χ0v) is 6.46. The van der Waals surface area contributed by atoms with Crippen LogP contribution in [-0.2, 0) is 0 Å². The molecule has 0 bridgehead atoms. The largest absolute Gasteiger partial charge is 0.399 e.